The van der Waals surface area contributed by atoms with E-state index in [4.69, 9.17) is 0 Å². The fourth-order valence-electron chi connectivity index (χ4n) is 5.73. The Morgan fingerprint density at radius 2 is 1.85 bits per heavy atom. The van der Waals surface area contributed by atoms with E-state index in [1.54, 1.807) is 17.8 Å². The first-order valence-corrected chi connectivity index (χ1v) is 13.7. The van der Waals surface area contributed by atoms with Crippen LogP contribution in [0.2, 0.25) is 0 Å². The van der Waals surface area contributed by atoms with Crippen LogP contribution in [0, 0.1) is 18.8 Å². The number of aromatic hydroxyl groups is 1. The first-order chi connectivity index (χ1) is 16.4. The Morgan fingerprint density at radius 3 is 2.62 bits per heavy atom. The molecule has 2 aliphatic rings. The van der Waals surface area contributed by atoms with Gasteiger partial charge in [0.15, 0.2) is 0 Å². The molecule has 0 spiro atoms. The number of hydrogen-bond acceptors (Lipinski definition) is 5. The van der Waals surface area contributed by atoms with E-state index in [0.717, 1.165) is 41.0 Å². The van der Waals surface area contributed by atoms with Crippen molar-refractivity contribution in [2.45, 2.75) is 69.0 Å². The predicted octanol–water partition coefficient (Wildman–Crippen LogP) is 5.68. The van der Waals surface area contributed by atoms with E-state index in [9.17, 15) is 10.2 Å². The quantitative estimate of drug-likeness (QED) is 0.403. The van der Waals surface area contributed by atoms with Gasteiger partial charge >= 0.3 is 0 Å². The van der Waals surface area contributed by atoms with E-state index in [0.29, 0.717) is 12.6 Å². The van der Waals surface area contributed by atoms with Crippen molar-refractivity contribution in [2.24, 2.45) is 11.8 Å². The average molecular weight is 481 g/mol. The lowest BCUT2D eigenvalue weighted by atomic mass is 9.73. The molecule has 34 heavy (non-hydrogen) atoms. The molecule has 1 saturated carbocycles. The Balaban J connectivity index is 1.46. The monoisotopic (exact) mass is 480 g/mol. The summed E-state index contributed by atoms with van der Waals surface area (Å²) >= 11 is 1.75. The van der Waals surface area contributed by atoms with E-state index in [-0.39, 0.29) is 11.8 Å². The van der Waals surface area contributed by atoms with Crippen LogP contribution >= 0.6 is 11.8 Å². The molecular formula is C29H40N2O2S. The highest BCUT2D eigenvalue weighted by molar-refractivity contribution is 7.99. The molecule has 4 nitrogen and oxygen atoms in total. The molecule has 1 aliphatic heterocycles. The number of aliphatic hydroxyl groups excluding tert-OH is 1. The molecule has 5 atom stereocenters. The lowest BCUT2D eigenvalue weighted by Gasteiger charge is -2.46. The van der Waals surface area contributed by atoms with Gasteiger partial charge in [0.1, 0.15) is 5.75 Å². The summed E-state index contributed by atoms with van der Waals surface area (Å²) < 4.78 is 0. The van der Waals surface area contributed by atoms with Gasteiger partial charge < -0.3 is 15.5 Å². The normalized spacial score (nSPS) is 24.7. The summed E-state index contributed by atoms with van der Waals surface area (Å²) in [4.78, 5) is 3.71. The smallest absolute Gasteiger partial charge is 0.119 e. The third kappa shape index (κ3) is 6.18. The molecule has 0 amide bonds. The molecule has 5 heteroatoms. The maximum atomic E-state index is 11.5. The number of β-amino-alcohol motifs (C(OH)–C–C–N with tert-alkyl or cyclic N) is 1. The molecule has 2 aromatic carbocycles. The minimum absolute atomic E-state index is 0.157. The maximum absolute atomic E-state index is 11.5. The second-order valence-corrected chi connectivity index (χ2v) is 11.3. The molecule has 4 rings (SSSR count). The Bertz CT molecular complexity index is 950. The van der Waals surface area contributed by atoms with Crippen molar-refractivity contribution in [1.29, 1.82) is 0 Å². The highest BCUT2D eigenvalue weighted by Crippen LogP contribution is 2.38. The van der Waals surface area contributed by atoms with Crippen molar-refractivity contribution in [2.75, 3.05) is 18.8 Å². The van der Waals surface area contributed by atoms with Gasteiger partial charge in [0.05, 0.1) is 12.1 Å². The van der Waals surface area contributed by atoms with Crippen LogP contribution in [0.4, 0.5) is 0 Å². The van der Waals surface area contributed by atoms with Crippen molar-refractivity contribution in [1.82, 2.24) is 10.2 Å². The van der Waals surface area contributed by atoms with Gasteiger partial charge in [-0.25, -0.2) is 0 Å². The van der Waals surface area contributed by atoms with Crippen LogP contribution in [-0.2, 0) is 0 Å². The summed E-state index contributed by atoms with van der Waals surface area (Å²) in [5.74, 6) is 2.65. The second-order valence-electron chi connectivity index (χ2n) is 10.2. The predicted molar refractivity (Wildman–Crippen MR) is 143 cm³/mol. The minimum atomic E-state index is -0.520. The second kappa shape index (κ2) is 11.7. The first-order valence-electron chi connectivity index (χ1n) is 12.8. The molecule has 0 radical (unpaired) electrons. The molecule has 3 unspecified atom stereocenters. The molecular weight excluding hydrogens is 440 g/mol. The molecule has 2 fully saturated rings. The van der Waals surface area contributed by atoms with Gasteiger partial charge in [-0.3, -0.25) is 4.90 Å². The third-order valence-corrected chi connectivity index (χ3v) is 8.98. The lowest BCUT2D eigenvalue weighted by molar-refractivity contribution is 0.00717. The molecule has 3 N–H and O–H groups in total. The number of benzene rings is 2. The zero-order chi connectivity index (χ0) is 24.1. The van der Waals surface area contributed by atoms with Crippen molar-refractivity contribution in [3.63, 3.8) is 0 Å². The van der Waals surface area contributed by atoms with Gasteiger partial charge in [0.2, 0.25) is 0 Å². The summed E-state index contributed by atoms with van der Waals surface area (Å²) in [6, 6.07) is 16.2. The number of fused-ring (bicyclic) bond motifs is 1. The van der Waals surface area contributed by atoms with Crippen LogP contribution in [0.5, 0.6) is 5.75 Å². The van der Waals surface area contributed by atoms with Gasteiger partial charge in [0.25, 0.3) is 0 Å². The van der Waals surface area contributed by atoms with E-state index < -0.39 is 6.10 Å². The van der Waals surface area contributed by atoms with E-state index in [1.165, 1.54) is 37.0 Å². The molecule has 0 bridgehead atoms. The Hall–Kier alpha value is -1.95. The molecule has 2 aromatic rings. The van der Waals surface area contributed by atoms with Crippen molar-refractivity contribution >= 4 is 17.5 Å². The Kier molecular flexibility index (Phi) is 8.62. The molecule has 1 saturated heterocycles. The Morgan fingerprint density at radius 1 is 1.12 bits per heavy atom. The number of likely N-dealkylation sites (tertiary alicyclic amines) is 1. The SMILES string of the molecule is C=C(N[C@@H](CSc1ccccc1)C(O)CN1CC2CCCCC2C[C@H]1C)c1cccc(O)c1C. The van der Waals surface area contributed by atoms with Crippen LogP contribution in [0.1, 0.15) is 50.2 Å². The van der Waals surface area contributed by atoms with Crippen molar-refractivity contribution < 1.29 is 10.2 Å². The van der Waals surface area contributed by atoms with Gasteiger partial charge in [-0.15, -0.1) is 11.8 Å². The first kappa shape index (κ1) is 25.2. The summed E-state index contributed by atoms with van der Waals surface area (Å²) in [5.41, 5.74) is 2.43. The summed E-state index contributed by atoms with van der Waals surface area (Å²) in [5, 5.41) is 25.1. The largest absolute Gasteiger partial charge is 0.508 e. The van der Waals surface area contributed by atoms with Crippen molar-refractivity contribution in [3.05, 3.63) is 66.2 Å². The maximum Gasteiger partial charge on any atom is 0.119 e. The molecule has 184 valence electrons. The number of hydrogen-bond donors (Lipinski definition) is 3. The van der Waals surface area contributed by atoms with Gasteiger partial charge in [-0.2, -0.15) is 0 Å². The van der Waals surface area contributed by atoms with E-state index in [1.807, 2.05) is 37.3 Å². The molecule has 1 aliphatic carbocycles. The fraction of sp³-hybridized carbons (Fsp3) is 0.517. The number of thioether (sulfide) groups is 1. The number of nitrogens with zero attached hydrogens (tertiary/aromatic N) is 1. The van der Waals surface area contributed by atoms with Crippen molar-refractivity contribution in [3.8, 4) is 5.75 Å². The van der Waals surface area contributed by atoms with Crippen LogP contribution in [0.25, 0.3) is 5.70 Å². The fourth-order valence-corrected chi connectivity index (χ4v) is 6.76. The zero-order valence-electron chi connectivity index (χ0n) is 20.6. The Labute approximate surface area is 209 Å². The van der Waals surface area contributed by atoms with Crippen LogP contribution < -0.4 is 5.32 Å². The topological polar surface area (TPSA) is 55.7 Å². The number of rotatable bonds is 9. The number of phenolic OH excluding ortho intramolecular Hbond substituents is 1. The highest BCUT2D eigenvalue weighted by atomic mass is 32.2. The number of phenols is 1. The number of nitrogens with one attached hydrogen (secondary N) is 1. The van der Waals surface area contributed by atoms with Gasteiger partial charge in [-0.05, 0) is 56.7 Å². The van der Waals surface area contributed by atoms with E-state index >= 15 is 0 Å². The molecule has 1 heterocycles. The standard InChI is InChI=1S/C29H40N2O2S/c1-20-16-23-10-7-8-11-24(23)17-31(20)18-29(33)27(19-34-25-12-5-4-6-13-25)30-22(3)26-14-9-15-28(32)21(26)2/h4-6,9,12-15,20,23-24,27,29-30,32-33H,3,7-8,10-11,16-19H2,1-2H3/t20-,23?,24?,27+,29?/m1/s1. The molecule has 0 aromatic heterocycles. The summed E-state index contributed by atoms with van der Waals surface area (Å²) in [7, 11) is 0. The van der Waals surface area contributed by atoms with Gasteiger partial charge in [-0.1, -0.05) is 56.2 Å². The zero-order valence-corrected chi connectivity index (χ0v) is 21.4. The average Bonchev–Trinajstić information content (AvgIpc) is 2.84. The third-order valence-electron chi connectivity index (χ3n) is 7.85. The summed E-state index contributed by atoms with van der Waals surface area (Å²) in [6.45, 7) is 10.3. The van der Waals surface area contributed by atoms with E-state index in [2.05, 4.69) is 35.9 Å². The highest BCUT2D eigenvalue weighted by Gasteiger charge is 2.36. The lowest BCUT2D eigenvalue weighted by Crippen LogP contribution is -2.53. The van der Waals surface area contributed by atoms with Crippen LogP contribution in [0.3, 0.4) is 0 Å². The van der Waals surface area contributed by atoms with Gasteiger partial charge in [0, 0.05) is 46.6 Å². The number of piperidine rings is 1. The number of aliphatic hydroxyl groups is 1. The summed E-state index contributed by atoms with van der Waals surface area (Å²) in [6.07, 6.45) is 6.19. The van der Waals surface area contributed by atoms with Crippen LogP contribution in [0.15, 0.2) is 60.0 Å². The van der Waals surface area contributed by atoms with Crippen LogP contribution in [-0.4, -0.2) is 52.1 Å². The minimum Gasteiger partial charge on any atom is -0.508 e.